The van der Waals surface area contributed by atoms with Crippen LogP contribution >= 0.6 is 0 Å². The van der Waals surface area contributed by atoms with Crippen molar-refractivity contribution in [1.29, 1.82) is 0 Å². The van der Waals surface area contributed by atoms with E-state index in [4.69, 9.17) is 9.84 Å². The maximum absolute atomic E-state index is 10.8. The number of esters is 1. The minimum atomic E-state index is -0.516. The van der Waals surface area contributed by atoms with Crippen LogP contribution in [0.25, 0.3) is 0 Å². The Morgan fingerprint density at radius 3 is 2.18 bits per heavy atom. The van der Waals surface area contributed by atoms with E-state index in [1.165, 1.54) is 6.92 Å². The van der Waals surface area contributed by atoms with E-state index >= 15 is 0 Å². The van der Waals surface area contributed by atoms with Crippen LogP contribution in [0.5, 0.6) is 0 Å². The van der Waals surface area contributed by atoms with Gasteiger partial charge in [0.2, 0.25) is 0 Å². The quantitative estimate of drug-likeness (QED) is 0.359. The lowest BCUT2D eigenvalue weighted by molar-refractivity contribution is -0.148. The molecule has 0 bridgehead atoms. The van der Waals surface area contributed by atoms with Crippen molar-refractivity contribution in [2.75, 3.05) is 0 Å². The molecule has 0 aromatic heterocycles. The number of carbonyl (C=O) groups excluding carboxylic acids is 1. The van der Waals surface area contributed by atoms with Gasteiger partial charge in [0.15, 0.2) is 0 Å². The molecule has 1 N–H and O–H groups in total. The summed E-state index contributed by atoms with van der Waals surface area (Å²) < 4.78 is 4.87. The van der Waals surface area contributed by atoms with Crippen LogP contribution in [-0.4, -0.2) is 16.7 Å². The molecule has 0 aromatic carbocycles. The summed E-state index contributed by atoms with van der Waals surface area (Å²) in [7, 11) is 0. The summed E-state index contributed by atoms with van der Waals surface area (Å²) >= 11 is 0. The molecule has 0 radical (unpaired) electrons. The molecule has 0 amide bonds. The molecule has 3 heteroatoms. The molecule has 0 saturated carbocycles. The Morgan fingerprint density at radius 1 is 1.45 bits per heavy atom. The van der Waals surface area contributed by atoms with E-state index in [0.29, 0.717) is 0 Å². The molecule has 0 aliphatic heterocycles. The summed E-state index contributed by atoms with van der Waals surface area (Å²) in [5.41, 5.74) is -0.497. The molecule has 64 valence electrons. The summed E-state index contributed by atoms with van der Waals surface area (Å²) in [6, 6.07) is 0. The zero-order valence-corrected chi connectivity index (χ0v) is 7.34. The predicted octanol–water partition coefficient (Wildman–Crippen LogP) is 1.79. The SMILES string of the molecule is C/C(O)=C\C(=O)OC(C)(C)C. The fraction of sp³-hybridized carbons (Fsp3) is 0.625. The average Bonchev–Trinajstić information content (AvgIpc) is 1.53. The number of allylic oxidation sites excluding steroid dienone is 1. The summed E-state index contributed by atoms with van der Waals surface area (Å²) in [4.78, 5) is 10.8. The van der Waals surface area contributed by atoms with Crippen molar-refractivity contribution in [3.63, 3.8) is 0 Å². The van der Waals surface area contributed by atoms with Crippen LogP contribution < -0.4 is 0 Å². The van der Waals surface area contributed by atoms with Crippen molar-refractivity contribution in [3.8, 4) is 0 Å². The average molecular weight is 158 g/mol. The second-order valence-corrected chi connectivity index (χ2v) is 3.32. The maximum atomic E-state index is 10.8. The molecular weight excluding hydrogens is 144 g/mol. The number of hydrogen-bond acceptors (Lipinski definition) is 3. The molecule has 3 nitrogen and oxygen atoms in total. The zero-order valence-electron chi connectivity index (χ0n) is 7.34. The Kier molecular flexibility index (Phi) is 3.11. The topological polar surface area (TPSA) is 46.5 Å². The molecule has 0 aromatic rings. The number of rotatable bonds is 1. The molecule has 0 saturated heterocycles. The van der Waals surface area contributed by atoms with Gasteiger partial charge in [-0.25, -0.2) is 4.79 Å². The van der Waals surface area contributed by atoms with Crippen molar-refractivity contribution in [2.24, 2.45) is 0 Å². The van der Waals surface area contributed by atoms with Gasteiger partial charge in [0.25, 0.3) is 0 Å². The first-order valence-electron chi connectivity index (χ1n) is 3.41. The summed E-state index contributed by atoms with van der Waals surface area (Å²) in [5, 5.41) is 8.68. The molecule has 0 aliphatic carbocycles. The molecule has 0 spiro atoms. The third-order valence-electron chi connectivity index (χ3n) is 0.734. The van der Waals surface area contributed by atoms with E-state index in [0.717, 1.165) is 6.08 Å². The third kappa shape index (κ3) is 6.90. The number of carbonyl (C=O) groups is 1. The van der Waals surface area contributed by atoms with Gasteiger partial charge in [-0.2, -0.15) is 0 Å². The summed E-state index contributed by atoms with van der Waals surface area (Å²) in [6.07, 6.45) is 1.05. The monoisotopic (exact) mass is 158 g/mol. The Bertz CT molecular complexity index is 170. The van der Waals surface area contributed by atoms with E-state index in [-0.39, 0.29) is 5.76 Å². The first-order valence-corrected chi connectivity index (χ1v) is 3.41. The normalized spacial score (nSPS) is 12.9. The van der Waals surface area contributed by atoms with Crippen molar-refractivity contribution in [1.82, 2.24) is 0 Å². The minimum Gasteiger partial charge on any atom is -0.512 e. The van der Waals surface area contributed by atoms with E-state index in [9.17, 15) is 4.79 Å². The fourth-order valence-electron chi connectivity index (χ4n) is 0.502. The Labute approximate surface area is 66.7 Å². The van der Waals surface area contributed by atoms with Crippen LogP contribution in [0.4, 0.5) is 0 Å². The number of aliphatic hydroxyl groups excluding tert-OH is 1. The van der Waals surface area contributed by atoms with Gasteiger partial charge in [0, 0.05) is 0 Å². The Morgan fingerprint density at radius 2 is 1.91 bits per heavy atom. The lowest BCUT2D eigenvalue weighted by Gasteiger charge is -2.17. The Hall–Kier alpha value is -0.990. The number of ether oxygens (including phenoxy) is 1. The van der Waals surface area contributed by atoms with E-state index in [1.54, 1.807) is 20.8 Å². The van der Waals surface area contributed by atoms with Crippen molar-refractivity contribution in [2.45, 2.75) is 33.3 Å². The highest BCUT2D eigenvalue weighted by Crippen LogP contribution is 2.07. The minimum absolute atomic E-state index is 0.0424. The molecule has 0 unspecified atom stereocenters. The summed E-state index contributed by atoms with van der Waals surface area (Å²) in [5.74, 6) is -0.559. The largest absolute Gasteiger partial charge is 0.512 e. The smallest absolute Gasteiger partial charge is 0.334 e. The van der Waals surface area contributed by atoms with Gasteiger partial charge in [-0.05, 0) is 27.7 Å². The summed E-state index contributed by atoms with van der Waals surface area (Å²) in [6.45, 7) is 6.73. The molecule has 0 aliphatic rings. The standard InChI is InChI=1S/C8H14O3/c1-6(9)5-7(10)11-8(2,3)4/h5,9H,1-4H3/b6-5+. The highest BCUT2D eigenvalue weighted by molar-refractivity contribution is 5.82. The lowest BCUT2D eigenvalue weighted by atomic mass is 10.2. The van der Waals surface area contributed by atoms with Crippen LogP contribution in [0, 0.1) is 0 Å². The maximum Gasteiger partial charge on any atom is 0.334 e. The van der Waals surface area contributed by atoms with Gasteiger partial charge in [-0.1, -0.05) is 0 Å². The van der Waals surface area contributed by atoms with Crippen molar-refractivity contribution < 1.29 is 14.6 Å². The molecule has 11 heavy (non-hydrogen) atoms. The first-order chi connectivity index (χ1) is 4.81. The van der Waals surface area contributed by atoms with Crippen LogP contribution in [0.1, 0.15) is 27.7 Å². The van der Waals surface area contributed by atoms with Crippen molar-refractivity contribution >= 4 is 5.97 Å². The zero-order chi connectivity index (χ0) is 9.07. The van der Waals surface area contributed by atoms with E-state index in [1.807, 2.05) is 0 Å². The van der Waals surface area contributed by atoms with E-state index in [2.05, 4.69) is 0 Å². The van der Waals surface area contributed by atoms with Crippen molar-refractivity contribution in [3.05, 3.63) is 11.8 Å². The fourth-order valence-corrected chi connectivity index (χ4v) is 0.502. The lowest BCUT2D eigenvalue weighted by Crippen LogP contribution is -2.22. The van der Waals surface area contributed by atoms with Crippen LogP contribution in [-0.2, 0) is 9.53 Å². The highest BCUT2D eigenvalue weighted by atomic mass is 16.6. The first kappa shape index (κ1) is 10.0. The molecule has 0 heterocycles. The molecule has 0 atom stereocenters. The van der Waals surface area contributed by atoms with Gasteiger partial charge < -0.3 is 9.84 Å². The molecule has 0 rings (SSSR count). The second kappa shape index (κ2) is 3.42. The van der Waals surface area contributed by atoms with Gasteiger partial charge in [-0.15, -0.1) is 0 Å². The predicted molar refractivity (Wildman–Crippen MR) is 42.2 cm³/mol. The third-order valence-corrected chi connectivity index (χ3v) is 0.734. The van der Waals surface area contributed by atoms with Crippen LogP contribution in [0.3, 0.4) is 0 Å². The Balaban J connectivity index is 4.00. The number of hydrogen-bond donors (Lipinski definition) is 1. The number of aliphatic hydroxyl groups is 1. The molecular formula is C8H14O3. The van der Waals surface area contributed by atoms with Crippen LogP contribution in [0.15, 0.2) is 11.8 Å². The van der Waals surface area contributed by atoms with Gasteiger partial charge in [0.05, 0.1) is 11.8 Å². The van der Waals surface area contributed by atoms with E-state index < -0.39 is 11.6 Å². The second-order valence-electron chi connectivity index (χ2n) is 3.32. The highest BCUT2D eigenvalue weighted by Gasteiger charge is 2.14. The molecule has 0 fully saturated rings. The van der Waals surface area contributed by atoms with Gasteiger partial charge >= 0.3 is 5.97 Å². The van der Waals surface area contributed by atoms with Crippen LogP contribution in [0.2, 0.25) is 0 Å². The van der Waals surface area contributed by atoms with Gasteiger partial charge in [-0.3, -0.25) is 0 Å². The van der Waals surface area contributed by atoms with Gasteiger partial charge in [0.1, 0.15) is 5.60 Å².